The van der Waals surface area contributed by atoms with E-state index in [1.807, 2.05) is 6.07 Å². The van der Waals surface area contributed by atoms with Gasteiger partial charge in [-0.3, -0.25) is 14.5 Å². The summed E-state index contributed by atoms with van der Waals surface area (Å²) < 4.78 is 17.2. The fraction of sp³-hybridized carbons (Fsp3) is 0.160. The van der Waals surface area contributed by atoms with Gasteiger partial charge in [-0.1, -0.05) is 29.5 Å². The van der Waals surface area contributed by atoms with Crippen molar-refractivity contribution in [1.82, 2.24) is 4.98 Å². The average Bonchev–Trinajstić information content (AvgIpc) is 3.61. The SMILES string of the molecule is COc1ccc2nc(N3C(=O)C(O)=C(C(=O)c4cccs4)[C@@H]3c3cccc(OC)c3OC)sc2c1. The minimum atomic E-state index is -0.982. The molecule has 0 saturated heterocycles. The predicted octanol–water partition coefficient (Wildman–Crippen LogP) is 5.17. The van der Waals surface area contributed by atoms with Gasteiger partial charge in [-0.25, -0.2) is 4.98 Å². The number of carbonyl (C=O) groups excluding carboxylic acids is 2. The topological polar surface area (TPSA) is 98.2 Å². The lowest BCUT2D eigenvalue weighted by Gasteiger charge is -2.26. The highest BCUT2D eigenvalue weighted by atomic mass is 32.1. The van der Waals surface area contributed by atoms with Crippen LogP contribution in [0, 0.1) is 0 Å². The number of rotatable bonds is 7. The van der Waals surface area contributed by atoms with Crippen LogP contribution in [-0.4, -0.2) is 43.1 Å². The van der Waals surface area contributed by atoms with Crippen LogP contribution < -0.4 is 19.1 Å². The van der Waals surface area contributed by atoms with Gasteiger partial charge in [0, 0.05) is 5.56 Å². The van der Waals surface area contributed by atoms with Crippen molar-refractivity contribution in [3.8, 4) is 17.2 Å². The van der Waals surface area contributed by atoms with Crippen LogP contribution in [-0.2, 0) is 4.79 Å². The fourth-order valence-corrected chi connectivity index (χ4v) is 5.82. The van der Waals surface area contributed by atoms with Crippen molar-refractivity contribution < 1.29 is 28.9 Å². The molecule has 2 aromatic carbocycles. The van der Waals surface area contributed by atoms with Crippen LogP contribution in [0.2, 0.25) is 0 Å². The molecule has 3 heterocycles. The maximum atomic E-state index is 13.5. The second-order valence-corrected chi connectivity index (χ2v) is 9.52. The molecule has 1 aliphatic heterocycles. The van der Waals surface area contributed by atoms with Gasteiger partial charge in [0.1, 0.15) is 11.8 Å². The van der Waals surface area contributed by atoms with E-state index in [-0.39, 0.29) is 5.57 Å². The fourth-order valence-electron chi connectivity index (χ4n) is 4.12. The van der Waals surface area contributed by atoms with Crippen LogP contribution in [0.25, 0.3) is 10.2 Å². The maximum Gasteiger partial charge on any atom is 0.296 e. The number of hydrogen-bond acceptors (Lipinski definition) is 9. The second kappa shape index (κ2) is 9.05. The summed E-state index contributed by atoms with van der Waals surface area (Å²) in [4.78, 5) is 33.4. The first-order valence-corrected chi connectivity index (χ1v) is 12.2. The number of ether oxygens (including phenoxy) is 3. The zero-order chi connectivity index (χ0) is 24.7. The first-order chi connectivity index (χ1) is 17.0. The van der Waals surface area contributed by atoms with Gasteiger partial charge in [-0.2, -0.15) is 0 Å². The van der Waals surface area contributed by atoms with Crippen molar-refractivity contribution in [1.29, 1.82) is 0 Å². The molecule has 0 aliphatic carbocycles. The number of hydrogen-bond donors (Lipinski definition) is 1. The molecule has 1 aliphatic rings. The highest BCUT2D eigenvalue weighted by Gasteiger charge is 2.47. The number of methoxy groups -OCH3 is 3. The number of nitrogens with zero attached hydrogens (tertiary/aromatic N) is 2. The molecule has 5 rings (SSSR count). The van der Waals surface area contributed by atoms with Crippen LogP contribution in [0.3, 0.4) is 0 Å². The Morgan fingerprint density at radius 1 is 1.06 bits per heavy atom. The summed E-state index contributed by atoms with van der Waals surface area (Å²) >= 11 is 2.49. The molecule has 0 spiro atoms. The molecule has 0 bridgehead atoms. The predicted molar refractivity (Wildman–Crippen MR) is 134 cm³/mol. The van der Waals surface area contributed by atoms with Gasteiger partial charge in [-0.05, 0) is 35.7 Å². The van der Waals surface area contributed by atoms with Gasteiger partial charge >= 0.3 is 0 Å². The summed E-state index contributed by atoms with van der Waals surface area (Å²) in [5, 5.41) is 13.1. The van der Waals surface area contributed by atoms with Crippen LogP contribution in [0.1, 0.15) is 21.3 Å². The van der Waals surface area contributed by atoms with Crippen molar-refractivity contribution in [2.45, 2.75) is 6.04 Å². The van der Waals surface area contributed by atoms with E-state index in [2.05, 4.69) is 4.98 Å². The number of carbonyl (C=O) groups is 2. The number of thiazole rings is 1. The number of amides is 1. The van der Waals surface area contributed by atoms with Gasteiger partial charge in [-0.15, -0.1) is 11.3 Å². The molecule has 178 valence electrons. The number of ketones is 1. The molecule has 0 saturated carbocycles. The molecule has 8 nitrogen and oxygen atoms in total. The zero-order valence-electron chi connectivity index (χ0n) is 19.0. The van der Waals surface area contributed by atoms with Crippen LogP contribution >= 0.6 is 22.7 Å². The van der Waals surface area contributed by atoms with E-state index >= 15 is 0 Å². The normalized spacial score (nSPS) is 15.7. The first kappa shape index (κ1) is 22.9. The molecule has 35 heavy (non-hydrogen) atoms. The Bertz CT molecular complexity index is 1470. The molecule has 0 radical (unpaired) electrons. The molecule has 4 aromatic rings. The van der Waals surface area contributed by atoms with Crippen molar-refractivity contribution in [2.75, 3.05) is 26.2 Å². The molecule has 0 fully saturated rings. The summed E-state index contributed by atoms with van der Waals surface area (Å²) in [7, 11) is 4.56. The summed E-state index contributed by atoms with van der Waals surface area (Å²) in [6, 6.07) is 13.0. The van der Waals surface area contributed by atoms with E-state index in [0.717, 1.165) is 4.70 Å². The van der Waals surface area contributed by atoms with Crippen molar-refractivity contribution in [3.05, 3.63) is 75.7 Å². The molecular formula is C25H20N2O6S2. The van der Waals surface area contributed by atoms with Crippen LogP contribution in [0.15, 0.2) is 65.2 Å². The van der Waals surface area contributed by atoms with E-state index in [1.54, 1.807) is 55.0 Å². The number of aromatic nitrogens is 1. The molecule has 0 unspecified atom stereocenters. The number of para-hydroxylation sites is 1. The highest BCUT2D eigenvalue weighted by molar-refractivity contribution is 7.22. The summed E-state index contributed by atoms with van der Waals surface area (Å²) in [6.45, 7) is 0. The van der Waals surface area contributed by atoms with Gasteiger partial charge in [0.25, 0.3) is 5.91 Å². The van der Waals surface area contributed by atoms with Gasteiger partial charge in [0.15, 0.2) is 22.4 Å². The number of thiophene rings is 1. The zero-order valence-corrected chi connectivity index (χ0v) is 20.6. The van der Waals surface area contributed by atoms with E-state index in [9.17, 15) is 14.7 Å². The number of Topliss-reactive ketones (excluding diaryl/α,β-unsaturated/α-hetero) is 1. The molecule has 10 heteroatoms. The quantitative estimate of drug-likeness (QED) is 0.344. The Hall–Kier alpha value is -3.89. The smallest absolute Gasteiger partial charge is 0.296 e. The number of aliphatic hydroxyl groups excluding tert-OH is 1. The summed E-state index contributed by atoms with van der Waals surface area (Å²) in [5.74, 6) is -0.333. The first-order valence-electron chi connectivity index (χ1n) is 10.5. The van der Waals surface area contributed by atoms with Gasteiger partial charge in [0.05, 0.1) is 42.0 Å². The minimum Gasteiger partial charge on any atom is -0.503 e. The number of anilines is 1. The largest absolute Gasteiger partial charge is 0.503 e. The van der Waals surface area contributed by atoms with Crippen molar-refractivity contribution in [2.24, 2.45) is 0 Å². The van der Waals surface area contributed by atoms with Crippen LogP contribution in [0.5, 0.6) is 17.2 Å². The standard InChI is InChI=1S/C25H20N2O6S2/c1-31-13-9-10-15-18(12-13)35-25(26-15)27-20(14-6-4-7-16(32-2)23(14)33-3)19(22(29)24(27)30)21(28)17-8-5-11-34-17/h4-12,20,29H,1-3H3/t20-/m0/s1. The second-order valence-electron chi connectivity index (χ2n) is 7.56. The Morgan fingerprint density at radius 2 is 1.89 bits per heavy atom. The van der Waals surface area contributed by atoms with E-state index < -0.39 is 23.5 Å². The Morgan fingerprint density at radius 3 is 2.57 bits per heavy atom. The number of fused-ring (bicyclic) bond motifs is 1. The third kappa shape index (κ3) is 3.71. The Balaban J connectivity index is 1.73. The lowest BCUT2D eigenvalue weighted by Crippen LogP contribution is -2.31. The third-order valence-corrected chi connectivity index (χ3v) is 7.60. The van der Waals surface area contributed by atoms with E-state index in [4.69, 9.17) is 14.2 Å². The lowest BCUT2D eigenvalue weighted by atomic mass is 9.94. The average molecular weight is 509 g/mol. The van der Waals surface area contributed by atoms with E-state index in [0.29, 0.717) is 38.3 Å². The molecule has 1 N–H and O–H groups in total. The Labute approximate surface area is 208 Å². The van der Waals surface area contributed by atoms with Gasteiger partial charge in [0.2, 0.25) is 5.78 Å². The minimum absolute atomic E-state index is 0.0409. The van der Waals surface area contributed by atoms with E-state index in [1.165, 1.54) is 41.8 Å². The summed E-state index contributed by atoms with van der Waals surface area (Å²) in [6.07, 6.45) is 0. The molecular weight excluding hydrogens is 488 g/mol. The summed E-state index contributed by atoms with van der Waals surface area (Å²) in [5.41, 5.74) is 1.11. The van der Waals surface area contributed by atoms with Gasteiger partial charge < -0.3 is 19.3 Å². The van der Waals surface area contributed by atoms with Crippen molar-refractivity contribution >= 4 is 49.7 Å². The maximum absolute atomic E-state index is 13.5. The Kier molecular flexibility index (Phi) is 5.91. The molecule has 2 aromatic heterocycles. The molecule has 1 atom stereocenters. The third-order valence-electron chi connectivity index (χ3n) is 5.72. The number of aliphatic hydroxyl groups is 1. The highest BCUT2D eigenvalue weighted by Crippen LogP contribution is 2.48. The lowest BCUT2D eigenvalue weighted by molar-refractivity contribution is -0.117. The number of benzene rings is 2. The van der Waals surface area contributed by atoms with Crippen LogP contribution in [0.4, 0.5) is 5.13 Å². The molecule has 1 amide bonds. The van der Waals surface area contributed by atoms with Crippen molar-refractivity contribution in [3.63, 3.8) is 0 Å². The monoisotopic (exact) mass is 508 g/mol.